The summed E-state index contributed by atoms with van der Waals surface area (Å²) in [5.74, 6) is 0. The predicted octanol–water partition coefficient (Wildman–Crippen LogP) is 2.40. The first-order valence-electron chi connectivity index (χ1n) is 5.25. The quantitative estimate of drug-likeness (QED) is 0.699. The van der Waals surface area contributed by atoms with E-state index in [1.54, 1.807) is 0 Å². The van der Waals surface area contributed by atoms with E-state index in [1.807, 2.05) is 11.8 Å². The molecule has 2 atom stereocenters. The maximum Gasteiger partial charge on any atom is 0.157 e. The minimum atomic E-state index is 0.607. The Kier molecular flexibility index (Phi) is 2.82. The molecule has 0 aromatic carbocycles. The van der Waals surface area contributed by atoms with Crippen LogP contribution < -0.4 is 5.32 Å². The van der Waals surface area contributed by atoms with Gasteiger partial charge >= 0.3 is 0 Å². The van der Waals surface area contributed by atoms with Crippen molar-refractivity contribution in [1.29, 1.82) is 0 Å². The smallest absolute Gasteiger partial charge is 0.157 e. The first kappa shape index (κ1) is 9.38. The van der Waals surface area contributed by atoms with E-state index in [0.717, 1.165) is 5.25 Å². The Bertz CT molecular complexity index is 199. The molecule has 0 bridgehead atoms. The van der Waals surface area contributed by atoms with Gasteiger partial charge in [0.2, 0.25) is 0 Å². The molecule has 0 spiro atoms. The fourth-order valence-corrected chi connectivity index (χ4v) is 3.03. The topological polar surface area (TPSA) is 24.4 Å². The summed E-state index contributed by atoms with van der Waals surface area (Å²) >= 11 is 1.91. The number of aliphatic imine (C=N–C) groups is 1. The van der Waals surface area contributed by atoms with Gasteiger partial charge < -0.3 is 5.32 Å². The fourth-order valence-electron chi connectivity index (χ4n) is 1.79. The lowest BCUT2D eigenvalue weighted by atomic mass is 9.94. The highest BCUT2D eigenvalue weighted by Gasteiger charge is 2.22. The molecule has 1 heterocycles. The third kappa shape index (κ3) is 2.39. The van der Waals surface area contributed by atoms with Crippen molar-refractivity contribution in [2.45, 2.75) is 56.9 Å². The van der Waals surface area contributed by atoms with E-state index >= 15 is 0 Å². The Balaban J connectivity index is 1.93. The molecule has 0 aromatic heterocycles. The molecule has 0 amide bonds. The molecule has 1 N–H and O–H groups in total. The number of thioether (sulfide) groups is 1. The van der Waals surface area contributed by atoms with Crippen molar-refractivity contribution in [2.24, 2.45) is 4.99 Å². The van der Waals surface area contributed by atoms with E-state index in [0.29, 0.717) is 12.1 Å². The number of rotatable bonds is 1. The largest absolute Gasteiger partial charge is 0.362 e. The van der Waals surface area contributed by atoms with Gasteiger partial charge in [0.15, 0.2) is 5.17 Å². The molecule has 0 aromatic rings. The Hall–Kier alpha value is -0.180. The van der Waals surface area contributed by atoms with Crippen LogP contribution in [0.25, 0.3) is 0 Å². The molecule has 2 nitrogen and oxygen atoms in total. The van der Waals surface area contributed by atoms with Gasteiger partial charge in [-0.25, -0.2) is 0 Å². The van der Waals surface area contributed by atoms with Crippen LogP contribution in [0.5, 0.6) is 0 Å². The van der Waals surface area contributed by atoms with Gasteiger partial charge in [-0.05, 0) is 32.6 Å². The molecule has 3 heteroatoms. The van der Waals surface area contributed by atoms with Gasteiger partial charge in [0.1, 0.15) is 0 Å². The van der Waals surface area contributed by atoms with Crippen LogP contribution in [-0.4, -0.2) is 22.5 Å². The molecular formula is C10H18N2S. The Labute approximate surface area is 84.6 Å². The second kappa shape index (κ2) is 3.91. The molecule has 1 saturated carbocycles. The first-order valence-corrected chi connectivity index (χ1v) is 6.13. The van der Waals surface area contributed by atoms with Crippen molar-refractivity contribution in [3.63, 3.8) is 0 Å². The zero-order valence-corrected chi connectivity index (χ0v) is 9.23. The molecule has 0 radical (unpaired) electrons. The second-order valence-corrected chi connectivity index (χ2v) is 5.66. The maximum absolute atomic E-state index is 4.71. The van der Waals surface area contributed by atoms with Crippen LogP contribution in [0.3, 0.4) is 0 Å². The van der Waals surface area contributed by atoms with E-state index in [9.17, 15) is 0 Å². The molecule has 2 rings (SSSR count). The molecule has 1 saturated heterocycles. The van der Waals surface area contributed by atoms with E-state index in [4.69, 9.17) is 4.99 Å². The monoisotopic (exact) mass is 198 g/mol. The molecule has 1 aliphatic carbocycles. The third-order valence-electron chi connectivity index (χ3n) is 2.74. The summed E-state index contributed by atoms with van der Waals surface area (Å²) in [6, 6.07) is 1.24. The molecule has 1 aliphatic heterocycles. The van der Waals surface area contributed by atoms with Gasteiger partial charge in [-0.2, -0.15) is 0 Å². The molecule has 13 heavy (non-hydrogen) atoms. The summed E-state index contributed by atoms with van der Waals surface area (Å²) in [4.78, 5) is 4.71. The Morgan fingerprint density at radius 2 is 2.15 bits per heavy atom. The first-order chi connectivity index (χ1) is 6.24. The summed E-state index contributed by atoms with van der Waals surface area (Å²) in [6.07, 6.45) is 5.23. The Morgan fingerprint density at radius 3 is 2.69 bits per heavy atom. The van der Waals surface area contributed by atoms with Crippen LogP contribution in [0.1, 0.15) is 39.5 Å². The number of amidine groups is 1. The second-order valence-electron chi connectivity index (χ2n) is 4.23. The molecule has 2 aliphatic rings. The fraction of sp³-hybridized carbons (Fsp3) is 0.900. The summed E-state index contributed by atoms with van der Waals surface area (Å²) in [6.45, 7) is 4.53. The minimum Gasteiger partial charge on any atom is -0.362 e. The summed E-state index contributed by atoms with van der Waals surface area (Å²) in [5.41, 5.74) is 0. The summed E-state index contributed by atoms with van der Waals surface area (Å²) in [5, 5.41) is 5.38. The summed E-state index contributed by atoms with van der Waals surface area (Å²) < 4.78 is 0. The van der Waals surface area contributed by atoms with Crippen molar-refractivity contribution in [1.82, 2.24) is 5.32 Å². The molecule has 74 valence electrons. The number of hydrogen-bond acceptors (Lipinski definition) is 2. The highest BCUT2D eigenvalue weighted by Crippen LogP contribution is 2.27. The van der Waals surface area contributed by atoms with Gasteiger partial charge in [0.25, 0.3) is 0 Å². The van der Waals surface area contributed by atoms with Gasteiger partial charge in [0.05, 0.1) is 6.04 Å². The van der Waals surface area contributed by atoms with E-state index in [1.165, 1.54) is 30.9 Å². The normalized spacial score (nSPS) is 38.5. The van der Waals surface area contributed by atoms with Crippen molar-refractivity contribution in [3.05, 3.63) is 0 Å². The lowest BCUT2D eigenvalue weighted by Gasteiger charge is -2.29. The minimum absolute atomic E-state index is 0.607. The third-order valence-corrected chi connectivity index (χ3v) is 3.78. The van der Waals surface area contributed by atoms with Crippen LogP contribution in [0.2, 0.25) is 0 Å². The zero-order chi connectivity index (χ0) is 9.26. The summed E-state index contributed by atoms with van der Waals surface area (Å²) in [7, 11) is 0. The van der Waals surface area contributed by atoms with Crippen LogP contribution >= 0.6 is 11.8 Å². The van der Waals surface area contributed by atoms with E-state index in [2.05, 4.69) is 19.2 Å². The van der Waals surface area contributed by atoms with Crippen LogP contribution in [0, 0.1) is 0 Å². The molecular weight excluding hydrogens is 180 g/mol. The van der Waals surface area contributed by atoms with Crippen LogP contribution in [0.4, 0.5) is 0 Å². The number of nitrogens with zero attached hydrogens (tertiary/aromatic N) is 1. The Morgan fingerprint density at radius 1 is 1.38 bits per heavy atom. The van der Waals surface area contributed by atoms with Crippen molar-refractivity contribution < 1.29 is 0 Å². The SMILES string of the molecule is CC1CC(C)SC(=NC2CCC2)N1. The maximum atomic E-state index is 4.71. The zero-order valence-electron chi connectivity index (χ0n) is 8.42. The van der Waals surface area contributed by atoms with E-state index < -0.39 is 0 Å². The van der Waals surface area contributed by atoms with Gasteiger partial charge in [-0.1, -0.05) is 18.7 Å². The predicted molar refractivity (Wildman–Crippen MR) is 59.3 cm³/mol. The molecule has 2 fully saturated rings. The van der Waals surface area contributed by atoms with Crippen LogP contribution in [0.15, 0.2) is 4.99 Å². The lowest BCUT2D eigenvalue weighted by molar-refractivity contribution is 0.418. The van der Waals surface area contributed by atoms with Gasteiger partial charge in [-0.3, -0.25) is 4.99 Å². The van der Waals surface area contributed by atoms with Crippen molar-refractivity contribution in [2.75, 3.05) is 0 Å². The van der Waals surface area contributed by atoms with Gasteiger partial charge in [0, 0.05) is 11.3 Å². The molecule has 2 unspecified atom stereocenters. The van der Waals surface area contributed by atoms with Crippen molar-refractivity contribution >= 4 is 16.9 Å². The van der Waals surface area contributed by atoms with Crippen LogP contribution in [-0.2, 0) is 0 Å². The average molecular weight is 198 g/mol. The standard InChI is InChI=1S/C10H18N2S/c1-7-6-8(2)13-10(11-7)12-9-4-3-5-9/h7-9H,3-6H2,1-2H3,(H,11,12). The number of hydrogen-bond donors (Lipinski definition) is 1. The van der Waals surface area contributed by atoms with Crippen molar-refractivity contribution in [3.8, 4) is 0 Å². The lowest BCUT2D eigenvalue weighted by Crippen LogP contribution is -2.39. The van der Waals surface area contributed by atoms with E-state index in [-0.39, 0.29) is 0 Å². The number of nitrogens with one attached hydrogen (secondary N) is 1. The van der Waals surface area contributed by atoms with Gasteiger partial charge in [-0.15, -0.1) is 0 Å². The average Bonchev–Trinajstić information content (AvgIpc) is 1.95. The highest BCUT2D eigenvalue weighted by atomic mass is 32.2. The highest BCUT2D eigenvalue weighted by molar-refractivity contribution is 8.14.